The zero-order chi connectivity index (χ0) is 17.9. The second kappa shape index (κ2) is 7.23. The van der Waals surface area contributed by atoms with Gasteiger partial charge in [-0.25, -0.2) is 4.98 Å². The average molecular weight is 353 g/mol. The lowest BCUT2D eigenvalue weighted by molar-refractivity contribution is 0.0682. The first-order valence-electron chi connectivity index (χ1n) is 9.07. The summed E-state index contributed by atoms with van der Waals surface area (Å²) in [6.45, 7) is 4.77. The van der Waals surface area contributed by atoms with E-state index in [2.05, 4.69) is 17.2 Å². The normalized spacial score (nSPS) is 18.7. The number of piperidine rings is 1. The Morgan fingerprint density at radius 3 is 2.96 bits per heavy atom. The van der Waals surface area contributed by atoms with Crippen molar-refractivity contribution in [1.82, 2.24) is 9.88 Å². The molecule has 0 spiro atoms. The molecule has 0 saturated carbocycles. The first-order chi connectivity index (χ1) is 12.7. The van der Waals surface area contributed by atoms with Crippen molar-refractivity contribution in [3.8, 4) is 11.5 Å². The first-order valence-corrected chi connectivity index (χ1v) is 9.07. The SMILES string of the molecule is CC1CCCN(C(=O)c2ccc(NCc3ccc4c(c3)OCO4)nc2)C1. The van der Waals surface area contributed by atoms with Crippen LogP contribution in [0.5, 0.6) is 11.5 Å². The molecule has 4 rings (SSSR count). The molecule has 1 aromatic carbocycles. The van der Waals surface area contributed by atoms with Crippen LogP contribution in [0.2, 0.25) is 0 Å². The molecule has 1 N–H and O–H groups in total. The van der Waals surface area contributed by atoms with E-state index in [4.69, 9.17) is 9.47 Å². The second-order valence-corrected chi connectivity index (χ2v) is 6.97. The van der Waals surface area contributed by atoms with Crippen molar-refractivity contribution in [1.29, 1.82) is 0 Å². The van der Waals surface area contributed by atoms with Gasteiger partial charge >= 0.3 is 0 Å². The summed E-state index contributed by atoms with van der Waals surface area (Å²) >= 11 is 0. The maximum absolute atomic E-state index is 12.6. The van der Waals surface area contributed by atoms with Crippen LogP contribution in [0.25, 0.3) is 0 Å². The number of amides is 1. The van der Waals surface area contributed by atoms with Gasteiger partial charge in [0.05, 0.1) is 5.56 Å². The van der Waals surface area contributed by atoms with Gasteiger partial charge in [0.2, 0.25) is 6.79 Å². The fraction of sp³-hybridized carbons (Fsp3) is 0.400. The summed E-state index contributed by atoms with van der Waals surface area (Å²) in [6, 6.07) is 9.57. The minimum absolute atomic E-state index is 0.0753. The predicted molar refractivity (Wildman–Crippen MR) is 98.4 cm³/mol. The highest BCUT2D eigenvalue weighted by atomic mass is 16.7. The van der Waals surface area contributed by atoms with Crippen molar-refractivity contribution >= 4 is 11.7 Å². The number of likely N-dealkylation sites (tertiary alicyclic amines) is 1. The monoisotopic (exact) mass is 353 g/mol. The Hall–Kier alpha value is -2.76. The summed E-state index contributed by atoms with van der Waals surface area (Å²) in [4.78, 5) is 18.9. The van der Waals surface area contributed by atoms with E-state index in [1.54, 1.807) is 6.20 Å². The van der Waals surface area contributed by atoms with Gasteiger partial charge < -0.3 is 19.7 Å². The van der Waals surface area contributed by atoms with E-state index in [0.29, 0.717) is 18.0 Å². The Labute approximate surface area is 153 Å². The van der Waals surface area contributed by atoms with Gasteiger partial charge in [-0.05, 0) is 48.6 Å². The number of hydrogen-bond donors (Lipinski definition) is 1. The molecular formula is C20H23N3O3. The van der Waals surface area contributed by atoms with Crippen molar-refractivity contribution in [2.75, 3.05) is 25.2 Å². The van der Waals surface area contributed by atoms with E-state index in [1.165, 1.54) is 6.42 Å². The Balaban J connectivity index is 1.36. The average Bonchev–Trinajstić information content (AvgIpc) is 3.14. The summed E-state index contributed by atoms with van der Waals surface area (Å²) in [7, 11) is 0. The molecule has 6 heteroatoms. The molecule has 136 valence electrons. The molecule has 0 radical (unpaired) electrons. The van der Waals surface area contributed by atoms with E-state index >= 15 is 0 Å². The zero-order valence-corrected chi connectivity index (χ0v) is 14.9. The van der Waals surface area contributed by atoms with E-state index in [0.717, 1.165) is 42.4 Å². The smallest absolute Gasteiger partial charge is 0.255 e. The maximum Gasteiger partial charge on any atom is 0.255 e. The molecule has 2 aliphatic rings. The second-order valence-electron chi connectivity index (χ2n) is 6.97. The summed E-state index contributed by atoms with van der Waals surface area (Å²) in [5.41, 5.74) is 1.73. The van der Waals surface area contributed by atoms with Crippen LogP contribution in [0.15, 0.2) is 36.5 Å². The maximum atomic E-state index is 12.6. The van der Waals surface area contributed by atoms with Crippen LogP contribution in [-0.4, -0.2) is 35.7 Å². The molecule has 2 aliphatic heterocycles. The van der Waals surface area contributed by atoms with Crippen LogP contribution in [0, 0.1) is 5.92 Å². The van der Waals surface area contributed by atoms with Crippen LogP contribution in [0.1, 0.15) is 35.7 Å². The highest BCUT2D eigenvalue weighted by molar-refractivity contribution is 5.94. The molecule has 1 atom stereocenters. The molecule has 6 nitrogen and oxygen atoms in total. The largest absolute Gasteiger partial charge is 0.454 e. The van der Waals surface area contributed by atoms with Gasteiger partial charge in [0.1, 0.15) is 5.82 Å². The van der Waals surface area contributed by atoms with Gasteiger partial charge in [-0.15, -0.1) is 0 Å². The quantitative estimate of drug-likeness (QED) is 0.914. The number of carbonyl (C=O) groups is 1. The van der Waals surface area contributed by atoms with Gasteiger partial charge in [0.15, 0.2) is 11.5 Å². The Kier molecular flexibility index (Phi) is 4.65. The van der Waals surface area contributed by atoms with E-state index in [1.807, 2.05) is 35.2 Å². The number of benzene rings is 1. The number of anilines is 1. The topological polar surface area (TPSA) is 63.7 Å². The van der Waals surface area contributed by atoms with Crippen molar-refractivity contribution in [3.63, 3.8) is 0 Å². The van der Waals surface area contributed by atoms with E-state index < -0.39 is 0 Å². The molecular weight excluding hydrogens is 330 g/mol. The number of carbonyl (C=O) groups excluding carboxylic acids is 1. The number of hydrogen-bond acceptors (Lipinski definition) is 5. The van der Waals surface area contributed by atoms with Gasteiger partial charge in [0.25, 0.3) is 5.91 Å². The third kappa shape index (κ3) is 3.59. The van der Waals surface area contributed by atoms with Crippen LogP contribution in [0.3, 0.4) is 0 Å². The molecule has 3 heterocycles. The molecule has 1 amide bonds. The number of nitrogens with zero attached hydrogens (tertiary/aromatic N) is 2. The molecule has 1 saturated heterocycles. The first kappa shape index (κ1) is 16.7. The molecule has 0 aliphatic carbocycles. The molecule has 0 bridgehead atoms. The summed E-state index contributed by atoms with van der Waals surface area (Å²) in [5, 5.41) is 3.27. The summed E-state index contributed by atoms with van der Waals surface area (Å²) in [5.74, 6) is 2.94. The Morgan fingerprint density at radius 1 is 1.27 bits per heavy atom. The predicted octanol–water partition coefficient (Wildman–Crippen LogP) is 3.29. The number of rotatable bonds is 4. The third-order valence-electron chi connectivity index (χ3n) is 4.87. The molecule has 1 aromatic heterocycles. The minimum atomic E-state index is 0.0753. The van der Waals surface area contributed by atoms with Gasteiger partial charge in [0, 0.05) is 25.8 Å². The number of pyridine rings is 1. The minimum Gasteiger partial charge on any atom is -0.454 e. The van der Waals surface area contributed by atoms with Crippen molar-refractivity contribution in [2.45, 2.75) is 26.3 Å². The van der Waals surface area contributed by atoms with Gasteiger partial charge in [-0.2, -0.15) is 0 Å². The lowest BCUT2D eigenvalue weighted by atomic mass is 10.00. The van der Waals surface area contributed by atoms with Crippen LogP contribution < -0.4 is 14.8 Å². The van der Waals surface area contributed by atoms with Gasteiger partial charge in [-0.3, -0.25) is 4.79 Å². The van der Waals surface area contributed by atoms with E-state index in [9.17, 15) is 4.79 Å². The number of aromatic nitrogens is 1. The number of ether oxygens (including phenoxy) is 2. The number of fused-ring (bicyclic) bond motifs is 1. The van der Waals surface area contributed by atoms with Crippen molar-refractivity contribution < 1.29 is 14.3 Å². The zero-order valence-electron chi connectivity index (χ0n) is 14.9. The summed E-state index contributed by atoms with van der Waals surface area (Å²) in [6.07, 6.45) is 3.93. The highest BCUT2D eigenvalue weighted by Crippen LogP contribution is 2.32. The van der Waals surface area contributed by atoms with Crippen molar-refractivity contribution in [2.24, 2.45) is 5.92 Å². The van der Waals surface area contributed by atoms with Crippen LogP contribution in [-0.2, 0) is 6.54 Å². The fourth-order valence-electron chi connectivity index (χ4n) is 3.42. The molecule has 1 fully saturated rings. The molecule has 2 aromatic rings. The van der Waals surface area contributed by atoms with Crippen molar-refractivity contribution in [3.05, 3.63) is 47.7 Å². The highest BCUT2D eigenvalue weighted by Gasteiger charge is 2.22. The third-order valence-corrected chi connectivity index (χ3v) is 4.87. The Morgan fingerprint density at radius 2 is 2.15 bits per heavy atom. The lowest BCUT2D eigenvalue weighted by Crippen LogP contribution is -2.39. The summed E-state index contributed by atoms with van der Waals surface area (Å²) < 4.78 is 10.7. The van der Waals surface area contributed by atoms with Crippen LogP contribution >= 0.6 is 0 Å². The Bertz CT molecular complexity index is 791. The number of nitrogens with one attached hydrogen (secondary N) is 1. The molecule has 26 heavy (non-hydrogen) atoms. The van der Waals surface area contributed by atoms with Crippen LogP contribution in [0.4, 0.5) is 5.82 Å². The lowest BCUT2D eigenvalue weighted by Gasteiger charge is -2.30. The standard InChI is InChI=1S/C20H23N3O3/c1-14-3-2-8-23(12-14)20(24)16-5-7-19(22-11-16)21-10-15-4-6-17-18(9-15)26-13-25-17/h4-7,9,11,14H,2-3,8,10,12-13H2,1H3,(H,21,22). The molecule has 1 unspecified atom stereocenters. The van der Waals surface area contributed by atoms with Gasteiger partial charge in [-0.1, -0.05) is 13.0 Å². The fourth-order valence-corrected chi connectivity index (χ4v) is 3.42. The van der Waals surface area contributed by atoms with E-state index in [-0.39, 0.29) is 12.7 Å².